The van der Waals surface area contributed by atoms with Gasteiger partial charge in [-0.1, -0.05) is 38.1 Å². The molecule has 1 aliphatic carbocycles. The fraction of sp³-hybridized carbons (Fsp3) is 0.471. The molecule has 3 N–H and O–H groups in total. The fourth-order valence-electron chi connectivity index (χ4n) is 2.80. The number of rotatable bonds is 4. The van der Waals surface area contributed by atoms with Gasteiger partial charge in [-0.25, -0.2) is 0 Å². The number of ketones is 1. The van der Waals surface area contributed by atoms with Crippen LogP contribution >= 0.6 is 0 Å². The molecule has 112 valence electrons. The molecule has 0 bridgehead atoms. The molecule has 1 aromatic rings. The van der Waals surface area contributed by atoms with Gasteiger partial charge in [0.25, 0.3) is 0 Å². The summed E-state index contributed by atoms with van der Waals surface area (Å²) in [5.41, 5.74) is 9.27. The first-order chi connectivity index (χ1) is 10.0. The zero-order valence-electron chi connectivity index (χ0n) is 12.6. The lowest BCUT2D eigenvalue weighted by Crippen LogP contribution is -2.37. The quantitative estimate of drug-likeness (QED) is 0.833. The maximum atomic E-state index is 11.8. The van der Waals surface area contributed by atoms with Crippen LogP contribution in [0.4, 0.5) is 0 Å². The Hall–Kier alpha value is -1.81. The highest BCUT2D eigenvalue weighted by Gasteiger charge is 2.52. The Labute approximate surface area is 125 Å². The summed E-state index contributed by atoms with van der Waals surface area (Å²) in [5, 5.41) is 3.33. The number of carbonyl (C=O) groups is 1. The van der Waals surface area contributed by atoms with Crippen molar-refractivity contribution in [3.63, 3.8) is 0 Å². The van der Waals surface area contributed by atoms with E-state index in [2.05, 4.69) is 43.4 Å². The van der Waals surface area contributed by atoms with Crippen LogP contribution in [0.3, 0.4) is 0 Å². The van der Waals surface area contributed by atoms with E-state index in [0.29, 0.717) is 31.2 Å². The average Bonchev–Trinajstić information content (AvgIpc) is 3.24. The number of allylic oxidation sites excluding steroid dienone is 1. The molecule has 0 saturated carbocycles. The van der Waals surface area contributed by atoms with Gasteiger partial charge in [-0.2, -0.15) is 0 Å². The van der Waals surface area contributed by atoms with Crippen LogP contribution in [0.1, 0.15) is 43.7 Å². The van der Waals surface area contributed by atoms with Gasteiger partial charge < -0.3 is 15.8 Å². The third kappa shape index (κ3) is 2.68. The Morgan fingerprint density at radius 2 is 2.00 bits per heavy atom. The van der Waals surface area contributed by atoms with Crippen LogP contribution in [-0.2, 0) is 16.1 Å². The predicted molar refractivity (Wildman–Crippen MR) is 81.5 cm³/mol. The number of epoxide rings is 1. The van der Waals surface area contributed by atoms with Crippen LogP contribution in [-0.4, -0.2) is 18.0 Å². The van der Waals surface area contributed by atoms with E-state index in [-0.39, 0.29) is 11.4 Å². The average molecular weight is 286 g/mol. The standard InChI is InChI=1S/C17H22N2O2/c1-11(2)13-5-3-12(4-6-13)9-19-16-15(18)14(20)7-8-17(16)10-21-17/h3-6,11,19H,7-10,18H2,1-2H3. The van der Waals surface area contributed by atoms with E-state index in [0.717, 1.165) is 12.1 Å². The van der Waals surface area contributed by atoms with Crippen molar-refractivity contribution < 1.29 is 9.53 Å². The van der Waals surface area contributed by atoms with Gasteiger partial charge in [-0.3, -0.25) is 4.79 Å². The first-order valence-electron chi connectivity index (χ1n) is 7.52. The second kappa shape index (κ2) is 5.19. The van der Waals surface area contributed by atoms with Crippen LogP contribution in [0, 0.1) is 0 Å². The maximum Gasteiger partial charge on any atom is 0.180 e. The molecular formula is C17H22N2O2. The first kappa shape index (κ1) is 14.1. The van der Waals surface area contributed by atoms with Crippen LogP contribution < -0.4 is 11.1 Å². The van der Waals surface area contributed by atoms with Gasteiger partial charge in [0.15, 0.2) is 5.78 Å². The fourth-order valence-corrected chi connectivity index (χ4v) is 2.80. The molecule has 0 radical (unpaired) electrons. The number of ether oxygens (including phenoxy) is 1. The summed E-state index contributed by atoms with van der Waals surface area (Å²) in [6, 6.07) is 8.53. The van der Waals surface area contributed by atoms with Crippen LogP contribution in [0.2, 0.25) is 0 Å². The SMILES string of the molecule is CC(C)c1ccc(CNC2=C(N)C(=O)CCC23CO3)cc1. The second-order valence-electron chi connectivity index (χ2n) is 6.24. The molecule has 0 amide bonds. The number of hydrogen-bond acceptors (Lipinski definition) is 4. The van der Waals surface area contributed by atoms with Gasteiger partial charge in [0.1, 0.15) is 5.60 Å². The summed E-state index contributed by atoms with van der Waals surface area (Å²) in [6.45, 7) is 5.68. The first-order valence-corrected chi connectivity index (χ1v) is 7.52. The van der Waals surface area contributed by atoms with Gasteiger partial charge in [0.2, 0.25) is 0 Å². The van der Waals surface area contributed by atoms with Crippen molar-refractivity contribution in [3.05, 3.63) is 46.8 Å². The molecule has 4 heteroatoms. The number of benzene rings is 1. The molecule has 1 fully saturated rings. The Bertz CT molecular complexity index is 583. The van der Waals surface area contributed by atoms with Crippen molar-refractivity contribution in [1.82, 2.24) is 5.32 Å². The Morgan fingerprint density at radius 3 is 2.57 bits per heavy atom. The van der Waals surface area contributed by atoms with Gasteiger partial charge in [-0.15, -0.1) is 0 Å². The van der Waals surface area contributed by atoms with Crippen molar-refractivity contribution in [3.8, 4) is 0 Å². The molecule has 1 atom stereocenters. The number of Topliss-reactive ketones (excluding diaryl/α,β-unsaturated/α-hetero) is 1. The number of nitrogens with two attached hydrogens (primary N) is 1. The molecular weight excluding hydrogens is 264 g/mol. The lowest BCUT2D eigenvalue weighted by Gasteiger charge is -2.24. The Balaban J connectivity index is 1.72. The summed E-state index contributed by atoms with van der Waals surface area (Å²) in [4.78, 5) is 11.8. The molecule has 1 spiro atoms. The van der Waals surface area contributed by atoms with E-state index in [1.54, 1.807) is 0 Å². The van der Waals surface area contributed by atoms with E-state index in [1.165, 1.54) is 11.1 Å². The molecule has 1 heterocycles. The topological polar surface area (TPSA) is 67.6 Å². The van der Waals surface area contributed by atoms with E-state index >= 15 is 0 Å². The van der Waals surface area contributed by atoms with Crippen LogP contribution in [0.15, 0.2) is 35.7 Å². The molecule has 1 saturated heterocycles. The number of hydrogen-bond donors (Lipinski definition) is 2. The number of nitrogens with one attached hydrogen (secondary N) is 1. The third-order valence-electron chi connectivity index (χ3n) is 4.39. The minimum Gasteiger partial charge on any atom is -0.394 e. The molecule has 1 aliphatic heterocycles. The minimum absolute atomic E-state index is 0.0220. The summed E-state index contributed by atoms with van der Waals surface area (Å²) in [5.74, 6) is 0.554. The minimum atomic E-state index is -0.310. The van der Waals surface area contributed by atoms with E-state index in [4.69, 9.17) is 10.5 Å². The normalized spacial score (nSPS) is 24.8. The highest BCUT2D eigenvalue weighted by molar-refractivity contribution is 5.96. The van der Waals surface area contributed by atoms with Crippen molar-refractivity contribution in [2.75, 3.05) is 6.61 Å². The van der Waals surface area contributed by atoms with Gasteiger partial charge >= 0.3 is 0 Å². The monoisotopic (exact) mass is 286 g/mol. The van der Waals surface area contributed by atoms with Gasteiger partial charge in [-0.05, 0) is 23.5 Å². The van der Waals surface area contributed by atoms with Crippen molar-refractivity contribution >= 4 is 5.78 Å². The Morgan fingerprint density at radius 1 is 1.33 bits per heavy atom. The van der Waals surface area contributed by atoms with Crippen LogP contribution in [0.25, 0.3) is 0 Å². The van der Waals surface area contributed by atoms with Crippen molar-refractivity contribution in [2.45, 2.75) is 44.8 Å². The highest BCUT2D eigenvalue weighted by atomic mass is 16.6. The highest BCUT2D eigenvalue weighted by Crippen LogP contribution is 2.42. The predicted octanol–water partition coefficient (Wildman–Crippen LogP) is 2.20. The third-order valence-corrected chi connectivity index (χ3v) is 4.39. The van der Waals surface area contributed by atoms with E-state index < -0.39 is 0 Å². The largest absolute Gasteiger partial charge is 0.394 e. The molecule has 21 heavy (non-hydrogen) atoms. The molecule has 4 nitrogen and oxygen atoms in total. The molecule has 1 unspecified atom stereocenters. The zero-order valence-corrected chi connectivity index (χ0v) is 12.6. The summed E-state index contributed by atoms with van der Waals surface area (Å²) in [6.07, 6.45) is 1.22. The molecule has 0 aromatic heterocycles. The second-order valence-corrected chi connectivity index (χ2v) is 6.24. The molecule has 3 rings (SSSR count). The number of carbonyl (C=O) groups excluding carboxylic acids is 1. The summed E-state index contributed by atoms with van der Waals surface area (Å²) >= 11 is 0. The van der Waals surface area contributed by atoms with Crippen molar-refractivity contribution in [2.24, 2.45) is 5.73 Å². The summed E-state index contributed by atoms with van der Waals surface area (Å²) < 4.78 is 5.55. The summed E-state index contributed by atoms with van der Waals surface area (Å²) in [7, 11) is 0. The van der Waals surface area contributed by atoms with Crippen LogP contribution in [0.5, 0.6) is 0 Å². The Kier molecular flexibility index (Phi) is 3.49. The van der Waals surface area contributed by atoms with E-state index in [1.807, 2.05) is 0 Å². The maximum absolute atomic E-state index is 11.8. The van der Waals surface area contributed by atoms with E-state index in [9.17, 15) is 4.79 Å². The van der Waals surface area contributed by atoms with Gasteiger partial charge in [0.05, 0.1) is 18.0 Å². The molecule has 1 aromatic carbocycles. The zero-order chi connectivity index (χ0) is 15.0. The van der Waals surface area contributed by atoms with Crippen molar-refractivity contribution in [1.29, 1.82) is 0 Å². The molecule has 2 aliphatic rings. The lowest BCUT2D eigenvalue weighted by molar-refractivity contribution is -0.116. The smallest absolute Gasteiger partial charge is 0.180 e. The lowest BCUT2D eigenvalue weighted by atomic mass is 9.89. The van der Waals surface area contributed by atoms with Gasteiger partial charge in [0, 0.05) is 13.0 Å².